The molecule has 0 atom stereocenters. The molecule has 1 N–H and O–H groups in total. The first-order chi connectivity index (χ1) is 9.20. The molecule has 0 aliphatic carbocycles. The number of carbonyl (C=O) groups excluding carboxylic acids is 1. The molecule has 2 heterocycles. The summed E-state index contributed by atoms with van der Waals surface area (Å²) in [7, 11) is 0. The molecule has 0 aromatic carbocycles. The van der Waals surface area contributed by atoms with Crippen LogP contribution in [0.4, 0.5) is 4.79 Å². The predicted octanol–water partition coefficient (Wildman–Crippen LogP) is 2.30. The molecule has 0 spiro atoms. The van der Waals surface area contributed by atoms with Crippen molar-refractivity contribution in [2.24, 2.45) is 5.92 Å². The van der Waals surface area contributed by atoms with Crippen molar-refractivity contribution in [3.63, 3.8) is 0 Å². The van der Waals surface area contributed by atoms with E-state index >= 15 is 0 Å². The number of piperidine rings is 2. The highest BCUT2D eigenvalue weighted by Gasteiger charge is 2.27. The Bertz CT molecular complexity index is 279. The smallest absolute Gasteiger partial charge is 0.319 e. The summed E-state index contributed by atoms with van der Waals surface area (Å²) in [5.74, 6) is 0.785. The number of hydrogen-bond donors (Lipinski definition) is 1. The van der Waals surface area contributed by atoms with Gasteiger partial charge in [0.1, 0.15) is 0 Å². The second-order valence-electron chi connectivity index (χ2n) is 6.17. The summed E-state index contributed by atoms with van der Waals surface area (Å²) in [6.07, 6.45) is 5.73. The van der Waals surface area contributed by atoms with E-state index in [0.717, 1.165) is 51.5 Å². The number of rotatable bonds is 3. The molecule has 2 rings (SSSR count). The molecular weight excluding hydrogens is 238 g/mol. The molecule has 2 amide bonds. The highest BCUT2D eigenvalue weighted by atomic mass is 16.2. The van der Waals surface area contributed by atoms with E-state index in [-0.39, 0.29) is 6.03 Å². The maximum atomic E-state index is 12.4. The molecule has 0 aromatic heterocycles. The van der Waals surface area contributed by atoms with Gasteiger partial charge in [-0.3, -0.25) is 0 Å². The molecule has 4 heteroatoms. The van der Waals surface area contributed by atoms with Crippen molar-refractivity contribution in [3.05, 3.63) is 0 Å². The monoisotopic (exact) mass is 267 g/mol. The van der Waals surface area contributed by atoms with Crippen molar-refractivity contribution in [3.8, 4) is 0 Å². The van der Waals surface area contributed by atoms with Crippen LogP contribution in [0.3, 0.4) is 0 Å². The van der Waals surface area contributed by atoms with E-state index in [4.69, 9.17) is 0 Å². The number of likely N-dealkylation sites (tertiary alicyclic amines) is 2. The van der Waals surface area contributed by atoms with Crippen molar-refractivity contribution >= 4 is 6.03 Å². The largest absolute Gasteiger partial charge is 0.325 e. The van der Waals surface area contributed by atoms with E-state index in [1.54, 1.807) is 0 Å². The normalized spacial score (nSPS) is 22.8. The van der Waals surface area contributed by atoms with E-state index in [1.807, 2.05) is 0 Å². The van der Waals surface area contributed by atoms with E-state index in [9.17, 15) is 4.79 Å². The lowest BCUT2D eigenvalue weighted by Gasteiger charge is -2.38. The maximum absolute atomic E-state index is 12.4. The third kappa shape index (κ3) is 4.10. The molecule has 2 aliphatic rings. The van der Waals surface area contributed by atoms with Gasteiger partial charge in [-0.1, -0.05) is 13.8 Å². The lowest BCUT2D eigenvalue weighted by atomic mass is 9.99. The lowest BCUT2D eigenvalue weighted by Crippen LogP contribution is -2.51. The van der Waals surface area contributed by atoms with Gasteiger partial charge in [0.2, 0.25) is 0 Å². The average Bonchev–Trinajstić information content (AvgIpc) is 2.46. The topological polar surface area (TPSA) is 35.6 Å². The van der Waals surface area contributed by atoms with Crippen molar-refractivity contribution in [1.82, 2.24) is 15.1 Å². The van der Waals surface area contributed by atoms with Gasteiger partial charge in [0, 0.05) is 32.2 Å². The molecule has 0 saturated carbocycles. The number of nitrogens with one attached hydrogen (secondary N) is 1. The predicted molar refractivity (Wildman–Crippen MR) is 78.3 cm³/mol. The van der Waals surface area contributed by atoms with Gasteiger partial charge in [0.05, 0.1) is 0 Å². The van der Waals surface area contributed by atoms with Crippen LogP contribution < -0.4 is 5.32 Å². The first-order valence-corrected chi connectivity index (χ1v) is 7.98. The molecular formula is C15H29N3O. The Hall–Kier alpha value is -0.770. The van der Waals surface area contributed by atoms with Crippen LogP contribution in [-0.2, 0) is 0 Å². The van der Waals surface area contributed by atoms with Gasteiger partial charge in [-0.15, -0.1) is 0 Å². The summed E-state index contributed by atoms with van der Waals surface area (Å²) in [5.41, 5.74) is 0. The number of nitrogens with zero attached hydrogens (tertiary/aromatic N) is 2. The summed E-state index contributed by atoms with van der Waals surface area (Å²) < 4.78 is 0. The second kappa shape index (κ2) is 7.13. The summed E-state index contributed by atoms with van der Waals surface area (Å²) in [6, 6.07) is 0.895. The number of hydrogen-bond acceptors (Lipinski definition) is 2. The molecule has 2 saturated heterocycles. The van der Waals surface area contributed by atoms with Crippen molar-refractivity contribution in [2.75, 3.05) is 32.7 Å². The van der Waals surface area contributed by atoms with Crippen LogP contribution in [0.25, 0.3) is 0 Å². The summed E-state index contributed by atoms with van der Waals surface area (Å²) >= 11 is 0. The fourth-order valence-electron chi connectivity index (χ4n) is 3.02. The van der Waals surface area contributed by atoms with Gasteiger partial charge >= 0.3 is 6.03 Å². The molecule has 19 heavy (non-hydrogen) atoms. The zero-order valence-corrected chi connectivity index (χ0v) is 12.5. The number of carbonyl (C=O) groups is 1. The Morgan fingerprint density at radius 2 is 1.58 bits per heavy atom. The van der Waals surface area contributed by atoms with Crippen molar-refractivity contribution in [2.45, 2.75) is 52.0 Å². The van der Waals surface area contributed by atoms with Gasteiger partial charge in [-0.2, -0.15) is 0 Å². The van der Waals surface area contributed by atoms with E-state index in [2.05, 4.69) is 29.0 Å². The fourth-order valence-corrected chi connectivity index (χ4v) is 3.02. The Balaban J connectivity index is 1.73. The quantitative estimate of drug-likeness (QED) is 0.851. The van der Waals surface area contributed by atoms with Gasteiger partial charge in [-0.25, -0.2) is 4.79 Å². The molecule has 2 aliphatic heterocycles. The molecule has 0 unspecified atom stereocenters. The lowest BCUT2D eigenvalue weighted by molar-refractivity contribution is 0.122. The zero-order valence-electron chi connectivity index (χ0n) is 12.5. The Labute approximate surface area is 117 Å². The van der Waals surface area contributed by atoms with Crippen LogP contribution >= 0.6 is 0 Å². The minimum Gasteiger partial charge on any atom is -0.325 e. The molecule has 4 nitrogen and oxygen atoms in total. The van der Waals surface area contributed by atoms with E-state index in [1.165, 1.54) is 19.3 Å². The van der Waals surface area contributed by atoms with Gasteiger partial charge < -0.3 is 15.1 Å². The standard InChI is InChI=1S/C15H29N3O/c1-3-8-16-14-6-11-18(12-7-14)15(19)17-9-4-13(2)5-10-17/h13-14,16H,3-12H2,1-2H3. The third-order valence-corrected chi connectivity index (χ3v) is 4.50. The Morgan fingerprint density at radius 1 is 1.05 bits per heavy atom. The average molecular weight is 267 g/mol. The van der Waals surface area contributed by atoms with Crippen LogP contribution in [0.15, 0.2) is 0 Å². The summed E-state index contributed by atoms with van der Waals surface area (Å²) in [5, 5.41) is 3.56. The number of amides is 2. The first kappa shape index (κ1) is 14.6. The minimum atomic E-state index is 0.279. The Morgan fingerprint density at radius 3 is 2.11 bits per heavy atom. The molecule has 0 aromatic rings. The molecule has 2 fully saturated rings. The van der Waals surface area contributed by atoms with E-state index < -0.39 is 0 Å². The molecule has 0 radical (unpaired) electrons. The van der Waals surface area contributed by atoms with Crippen molar-refractivity contribution in [1.29, 1.82) is 0 Å². The van der Waals surface area contributed by atoms with Gasteiger partial charge in [0.15, 0.2) is 0 Å². The van der Waals surface area contributed by atoms with Gasteiger partial charge in [-0.05, 0) is 44.6 Å². The third-order valence-electron chi connectivity index (χ3n) is 4.50. The maximum Gasteiger partial charge on any atom is 0.319 e. The van der Waals surface area contributed by atoms with Crippen LogP contribution in [0.5, 0.6) is 0 Å². The Kier molecular flexibility index (Phi) is 5.49. The van der Waals surface area contributed by atoms with E-state index in [0.29, 0.717) is 6.04 Å². The SMILES string of the molecule is CCCNC1CCN(C(=O)N2CCC(C)CC2)CC1. The highest BCUT2D eigenvalue weighted by Crippen LogP contribution is 2.19. The van der Waals surface area contributed by atoms with Crippen LogP contribution in [0, 0.1) is 5.92 Å². The van der Waals surface area contributed by atoms with Crippen LogP contribution in [0.2, 0.25) is 0 Å². The minimum absolute atomic E-state index is 0.279. The fraction of sp³-hybridized carbons (Fsp3) is 0.933. The van der Waals surface area contributed by atoms with Crippen LogP contribution in [0.1, 0.15) is 46.0 Å². The second-order valence-corrected chi connectivity index (χ2v) is 6.17. The molecule has 110 valence electrons. The zero-order chi connectivity index (χ0) is 13.7. The highest BCUT2D eigenvalue weighted by molar-refractivity contribution is 5.74. The van der Waals surface area contributed by atoms with Crippen LogP contribution in [-0.4, -0.2) is 54.6 Å². The first-order valence-electron chi connectivity index (χ1n) is 7.98. The molecule has 0 bridgehead atoms. The van der Waals surface area contributed by atoms with Gasteiger partial charge in [0.25, 0.3) is 0 Å². The number of urea groups is 1. The van der Waals surface area contributed by atoms with Crippen molar-refractivity contribution < 1.29 is 4.79 Å². The summed E-state index contributed by atoms with van der Waals surface area (Å²) in [4.78, 5) is 16.5. The summed E-state index contributed by atoms with van der Waals surface area (Å²) in [6.45, 7) is 9.33.